The maximum Gasteiger partial charge on any atom is 0.0165 e. The number of nitrogens with one attached hydrogen (secondary N) is 1. The Morgan fingerprint density at radius 1 is 1.71 bits per heavy atom. The second-order valence-electron chi connectivity index (χ2n) is 2.11. The maximum atomic E-state index is 5.57. The van der Waals surface area contributed by atoms with E-state index in [1.54, 1.807) is 0 Å². The van der Waals surface area contributed by atoms with Gasteiger partial charge in [-0.1, -0.05) is 0 Å². The average molecular weight is 102 g/mol. The molecule has 0 spiro atoms. The highest BCUT2D eigenvalue weighted by Gasteiger charge is 2.05. The molecule has 0 aromatic rings. The molecule has 0 aliphatic carbocycles. The van der Waals surface area contributed by atoms with Gasteiger partial charge in [0.25, 0.3) is 0 Å². The second kappa shape index (κ2) is 2.28. The van der Waals surface area contributed by atoms with Crippen LogP contribution < -0.4 is 11.1 Å². The molecule has 3 N–H and O–H groups in total. The fourth-order valence-corrected chi connectivity index (χ4v) is 0.879. The van der Waals surface area contributed by atoms with E-state index in [9.17, 15) is 0 Å². The van der Waals surface area contributed by atoms with Crippen molar-refractivity contribution in [2.45, 2.75) is 18.9 Å². The zero-order valence-corrected chi connectivity index (χ0v) is 4.48. The van der Waals surface area contributed by atoms with Crippen molar-refractivity contribution in [3.05, 3.63) is 0 Å². The summed E-state index contributed by atoms with van der Waals surface area (Å²) in [4.78, 5) is 0. The van der Waals surface area contributed by atoms with Gasteiger partial charge in [-0.3, -0.25) is 0 Å². The minimum Gasteiger partial charge on any atom is -0.327 e. The predicted molar refractivity (Wildman–Crippen MR) is 32.2 cm³/mol. The van der Waals surface area contributed by atoms with Crippen LogP contribution in [0.15, 0.2) is 0 Å². The molecule has 1 aliphatic rings. The third kappa shape index (κ3) is 1.45. The van der Waals surface area contributed by atoms with Gasteiger partial charge in [0.2, 0.25) is 0 Å². The Kier molecular flexibility index (Phi) is 1.65. The van der Waals surface area contributed by atoms with Crippen LogP contribution in [0.3, 0.4) is 0 Å². The Hall–Kier alpha value is -0.0800. The number of nitrogens with two attached hydrogens (primary N) is 1. The Labute approximate surface area is 45.6 Å². The summed E-state index contributed by atoms with van der Waals surface area (Å²) in [5, 5.41) is 3.21. The molecule has 1 atom stereocenters. The highest BCUT2D eigenvalue weighted by Crippen LogP contribution is 1.96. The maximum absolute atomic E-state index is 5.57. The topological polar surface area (TPSA) is 38.0 Å². The molecule has 0 radical (unpaired) electrons. The van der Waals surface area contributed by atoms with Crippen LogP contribution in [0, 0.1) is 0 Å². The molecule has 0 unspecified atom stereocenters. The minimum atomic E-state index is 0. The molecule has 1 saturated heterocycles. The van der Waals surface area contributed by atoms with E-state index in [2.05, 4.69) is 5.32 Å². The Morgan fingerprint density at radius 2 is 2.57 bits per heavy atom. The molecule has 2 heteroatoms. The van der Waals surface area contributed by atoms with Crippen molar-refractivity contribution >= 4 is 0 Å². The molecule has 0 saturated carbocycles. The highest BCUT2D eigenvalue weighted by molar-refractivity contribution is 4.69. The van der Waals surface area contributed by atoms with Gasteiger partial charge in [-0.15, -0.1) is 0 Å². The largest absolute Gasteiger partial charge is 0.327 e. The summed E-state index contributed by atoms with van der Waals surface area (Å²) in [5.74, 6) is 0. The molecule has 1 fully saturated rings. The zero-order chi connectivity index (χ0) is 5.11. The first-order valence-corrected chi connectivity index (χ1v) is 2.86. The van der Waals surface area contributed by atoms with E-state index >= 15 is 0 Å². The summed E-state index contributed by atoms with van der Waals surface area (Å²) in [7, 11) is 0. The first-order valence-electron chi connectivity index (χ1n) is 2.86. The lowest BCUT2D eigenvalue weighted by atomic mass is 10.1. The molecule has 0 bridgehead atoms. The van der Waals surface area contributed by atoms with Crippen LogP contribution >= 0.6 is 0 Å². The van der Waals surface area contributed by atoms with Crippen molar-refractivity contribution < 1.29 is 1.43 Å². The number of hydrogen-bond donors (Lipinski definition) is 2. The molecule has 0 amide bonds. The molecule has 0 aromatic carbocycles. The van der Waals surface area contributed by atoms with Gasteiger partial charge < -0.3 is 11.1 Å². The van der Waals surface area contributed by atoms with Crippen LogP contribution in [0.5, 0.6) is 0 Å². The Morgan fingerprint density at radius 3 is 2.86 bits per heavy atom. The summed E-state index contributed by atoms with van der Waals surface area (Å²) in [5.41, 5.74) is 5.57. The smallest absolute Gasteiger partial charge is 0.0165 e. The molecule has 0 aromatic heterocycles. The Bertz CT molecular complexity index is 52.4. The van der Waals surface area contributed by atoms with Crippen molar-refractivity contribution in [1.29, 1.82) is 0 Å². The van der Waals surface area contributed by atoms with Crippen LogP contribution in [-0.4, -0.2) is 19.1 Å². The van der Waals surface area contributed by atoms with Gasteiger partial charge in [0.1, 0.15) is 0 Å². The van der Waals surface area contributed by atoms with E-state index in [-0.39, 0.29) is 1.43 Å². The van der Waals surface area contributed by atoms with Gasteiger partial charge >= 0.3 is 0 Å². The van der Waals surface area contributed by atoms with Gasteiger partial charge in [-0.2, -0.15) is 0 Å². The zero-order valence-electron chi connectivity index (χ0n) is 4.48. The first-order chi connectivity index (χ1) is 3.39. The van der Waals surface area contributed by atoms with E-state index in [1.165, 1.54) is 12.8 Å². The number of piperidine rings is 1. The van der Waals surface area contributed by atoms with Crippen LogP contribution in [0.2, 0.25) is 0 Å². The van der Waals surface area contributed by atoms with Crippen molar-refractivity contribution in [2.24, 2.45) is 5.73 Å². The van der Waals surface area contributed by atoms with E-state index < -0.39 is 0 Å². The Balaban J connectivity index is 0.000000490. The molecule has 7 heavy (non-hydrogen) atoms. The monoisotopic (exact) mass is 102 g/mol. The van der Waals surface area contributed by atoms with Crippen molar-refractivity contribution in [2.75, 3.05) is 13.1 Å². The lowest BCUT2D eigenvalue weighted by Crippen LogP contribution is -2.39. The molecule has 1 rings (SSSR count). The van der Waals surface area contributed by atoms with Gasteiger partial charge in [0.05, 0.1) is 0 Å². The van der Waals surface area contributed by atoms with E-state index in [1.807, 2.05) is 0 Å². The SMILES string of the molecule is N[C@@H]1CCCNC1.[HH]. The van der Waals surface area contributed by atoms with E-state index in [4.69, 9.17) is 5.73 Å². The molecular formula is C5H14N2. The van der Waals surface area contributed by atoms with Crippen LogP contribution in [0.25, 0.3) is 0 Å². The molecule has 1 aliphatic heterocycles. The molecular weight excluding hydrogens is 88.1 g/mol. The third-order valence-corrected chi connectivity index (χ3v) is 1.33. The van der Waals surface area contributed by atoms with Gasteiger partial charge in [-0.25, -0.2) is 0 Å². The van der Waals surface area contributed by atoms with Crippen LogP contribution in [-0.2, 0) is 0 Å². The summed E-state index contributed by atoms with van der Waals surface area (Å²) in [6, 6.07) is 0.425. The quantitative estimate of drug-likeness (QED) is 0.450. The van der Waals surface area contributed by atoms with Gasteiger partial charge in [-0.05, 0) is 19.4 Å². The van der Waals surface area contributed by atoms with Crippen molar-refractivity contribution in [3.8, 4) is 0 Å². The summed E-state index contributed by atoms with van der Waals surface area (Å²) >= 11 is 0. The lowest BCUT2D eigenvalue weighted by molar-refractivity contribution is 0.459. The third-order valence-electron chi connectivity index (χ3n) is 1.33. The predicted octanol–water partition coefficient (Wildman–Crippen LogP) is -0.0569. The minimum absolute atomic E-state index is 0. The van der Waals surface area contributed by atoms with Crippen LogP contribution in [0.1, 0.15) is 14.3 Å². The molecule has 2 nitrogen and oxygen atoms in total. The fourth-order valence-electron chi connectivity index (χ4n) is 0.879. The summed E-state index contributed by atoms with van der Waals surface area (Å²) in [6.07, 6.45) is 2.45. The second-order valence-corrected chi connectivity index (χ2v) is 2.11. The fraction of sp³-hybridized carbons (Fsp3) is 1.00. The number of rotatable bonds is 0. The average Bonchev–Trinajstić information content (AvgIpc) is 1.69. The van der Waals surface area contributed by atoms with Crippen molar-refractivity contribution in [1.82, 2.24) is 5.32 Å². The van der Waals surface area contributed by atoms with Crippen molar-refractivity contribution in [3.63, 3.8) is 0 Å². The van der Waals surface area contributed by atoms with E-state index in [0.717, 1.165) is 13.1 Å². The summed E-state index contributed by atoms with van der Waals surface area (Å²) < 4.78 is 0. The van der Waals surface area contributed by atoms with E-state index in [0.29, 0.717) is 6.04 Å². The molecule has 44 valence electrons. The summed E-state index contributed by atoms with van der Waals surface area (Å²) in [6.45, 7) is 2.17. The van der Waals surface area contributed by atoms with Crippen LogP contribution in [0.4, 0.5) is 0 Å². The standard InChI is InChI=1S/C5H12N2.H2/c6-5-2-1-3-7-4-5;/h5,7H,1-4,6H2;1H/t5-;/m1./s1. The number of hydrogen-bond acceptors (Lipinski definition) is 2. The highest BCUT2D eigenvalue weighted by atomic mass is 14.9. The van der Waals surface area contributed by atoms with Gasteiger partial charge in [0.15, 0.2) is 0 Å². The molecule has 1 heterocycles. The first kappa shape index (κ1) is 5.06. The van der Waals surface area contributed by atoms with Gasteiger partial charge in [0, 0.05) is 14.0 Å². The normalized spacial score (nSPS) is 33.0. The lowest BCUT2D eigenvalue weighted by Gasteiger charge is -2.17.